The number of aliphatic hydroxyl groups is 1. The van der Waals surface area contributed by atoms with Crippen molar-refractivity contribution in [2.24, 2.45) is 0 Å². The molecule has 7 nitrogen and oxygen atoms in total. The first-order chi connectivity index (χ1) is 17.3. The lowest BCUT2D eigenvalue weighted by molar-refractivity contribution is 0.163. The van der Waals surface area contributed by atoms with Crippen LogP contribution in [0.4, 0.5) is 20.4 Å². The van der Waals surface area contributed by atoms with Gasteiger partial charge in [-0.3, -0.25) is 0 Å². The summed E-state index contributed by atoms with van der Waals surface area (Å²) >= 11 is 0. The van der Waals surface area contributed by atoms with Crippen LogP contribution >= 0.6 is 0 Å². The van der Waals surface area contributed by atoms with E-state index < -0.39 is 20.0 Å². The summed E-state index contributed by atoms with van der Waals surface area (Å²) in [4.78, 5) is 12.1. The second-order valence-corrected chi connectivity index (χ2v) is 16.3. The first-order valence-corrected chi connectivity index (χ1v) is 16.0. The van der Waals surface area contributed by atoms with E-state index in [1.807, 2.05) is 0 Å². The fraction of sp³-hybridized carbons (Fsp3) is 0.630. The van der Waals surface area contributed by atoms with E-state index in [-0.39, 0.29) is 29.5 Å². The van der Waals surface area contributed by atoms with Crippen molar-refractivity contribution in [1.82, 2.24) is 9.97 Å². The monoisotopic (exact) mass is 536 g/mol. The van der Waals surface area contributed by atoms with Gasteiger partial charge < -0.3 is 24.5 Å². The number of halogens is 2. The molecule has 1 aromatic heterocycles. The maximum atomic E-state index is 14.0. The molecule has 1 aliphatic rings. The highest BCUT2D eigenvalue weighted by Gasteiger charge is 2.37. The number of piperidine rings is 1. The molecule has 0 amide bonds. The zero-order valence-corrected chi connectivity index (χ0v) is 24.2. The lowest BCUT2D eigenvalue weighted by Gasteiger charge is -2.36. The number of aliphatic hydroxyl groups excluding tert-OH is 1. The number of rotatable bonds is 10. The summed E-state index contributed by atoms with van der Waals surface area (Å²) in [5.41, 5.74) is 1.48. The topological polar surface area (TPSA) is 79.7 Å². The van der Waals surface area contributed by atoms with Crippen molar-refractivity contribution in [2.45, 2.75) is 90.8 Å². The third kappa shape index (κ3) is 7.61. The van der Waals surface area contributed by atoms with Crippen molar-refractivity contribution in [1.29, 1.82) is 0 Å². The fourth-order valence-corrected chi connectivity index (χ4v) is 4.84. The van der Waals surface area contributed by atoms with Gasteiger partial charge in [0, 0.05) is 51.1 Å². The Morgan fingerprint density at radius 1 is 1.14 bits per heavy atom. The lowest BCUT2D eigenvalue weighted by Crippen LogP contribution is -2.41. The van der Waals surface area contributed by atoms with Gasteiger partial charge in [-0.05, 0) is 44.1 Å². The van der Waals surface area contributed by atoms with Gasteiger partial charge in [-0.15, -0.1) is 0 Å². The smallest absolute Gasteiger partial charge is 0.192 e. The molecule has 0 atom stereocenters. The first-order valence-electron chi connectivity index (χ1n) is 13.1. The van der Waals surface area contributed by atoms with E-state index in [1.165, 1.54) is 12.1 Å². The van der Waals surface area contributed by atoms with Crippen LogP contribution in [0.5, 0.6) is 5.75 Å². The van der Waals surface area contributed by atoms with Crippen molar-refractivity contribution in [3.05, 3.63) is 41.2 Å². The fourth-order valence-electron chi connectivity index (χ4n) is 3.91. The summed E-state index contributed by atoms with van der Waals surface area (Å²) in [5, 5.41) is 13.2. The largest absolute Gasteiger partial charge is 0.487 e. The number of nitrogens with one attached hydrogen (secondary N) is 1. The highest BCUT2D eigenvalue weighted by molar-refractivity contribution is 6.74. The normalized spacial score (nSPS) is 15.4. The molecule has 0 aliphatic carbocycles. The van der Waals surface area contributed by atoms with Gasteiger partial charge in [0.25, 0.3) is 0 Å². The minimum atomic E-state index is -2.00. The van der Waals surface area contributed by atoms with E-state index >= 15 is 0 Å². The predicted octanol–water partition coefficient (Wildman–Crippen LogP) is 5.68. The predicted molar refractivity (Wildman–Crippen MR) is 146 cm³/mol. The molecule has 10 heteroatoms. The van der Waals surface area contributed by atoms with Crippen LogP contribution in [0.15, 0.2) is 18.2 Å². The summed E-state index contributed by atoms with van der Waals surface area (Å²) in [5.74, 6) is 0.174. The molecule has 1 fully saturated rings. The van der Waals surface area contributed by atoms with E-state index in [4.69, 9.17) is 19.1 Å². The molecule has 0 bridgehead atoms. The Kier molecular flexibility index (Phi) is 9.52. The molecule has 0 unspecified atom stereocenters. The number of nitrogens with zero attached hydrogens (tertiary/aromatic N) is 3. The zero-order chi connectivity index (χ0) is 27.4. The molecule has 1 saturated heterocycles. The summed E-state index contributed by atoms with van der Waals surface area (Å²) in [6.07, 6.45) is 1.53. The minimum Gasteiger partial charge on any atom is -0.487 e. The van der Waals surface area contributed by atoms with Crippen molar-refractivity contribution in [3.63, 3.8) is 0 Å². The highest BCUT2D eigenvalue weighted by Crippen LogP contribution is 2.37. The molecular weight excluding hydrogens is 494 g/mol. The molecule has 0 radical (unpaired) electrons. The Morgan fingerprint density at radius 2 is 1.81 bits per heavy atom. The van der Waals surface area contributed by atoms with Crippen molar-refractivity contribution in [3.8, 4) is 5.75 Å². The molecule has 0 saturated carbocycles. The Bertz CT molecular complexity index is 1050. The average Bonchev–Trinajstić information content (AvgIpc) is 2.80. The zero-order valence-electron chi connectivity index (χ0n) is 23.2. The van der Waals surface area contributed by atoms with E-state index in [1.54, 1.807) is 0 Å². The third-order valence-corrected chi connectivity index (χ3v) is 11.6. The third-order valence-electron chi connectivity index (χ3n) is 7.11. The maximum Gasteiger partial charge on any atom is 0.192 e. The summed E-state index contributed by atoms with van der Waals surface area (Å²) < 4.78 is 39.5. The van der Waals surface area contributed by atoms with E-state index in [2.05, 4.69) is 57.9 Å². The number of benzene rings is 1. The number of aromatic nitrogens is 2. The van der Waals surface area contributed by atoms with Gasteiger partial charge in [0.05, 0.1) is 18.0 Å². The van der Waals surface area contributed by atoms with Crippen LogP contribution < -0.4 is 15.0 Å². The standard InChI is InChI=1S/C27H42F2N4O3Si/c1-18(2)30-25-26(32-22(12-15-34)23(31-25)17-35-37(6,7)27(3,4)5)33-13-10-20(11-14-33)36-24-9-8-19(28)16-21(24)29/h8-9,16,18,20,34H,10-15,17H2,1-7H3,(H,30,31). The van der Waals surface area contributed by atoms with Crippen LogP contribution in [0.1, 0.15) is 58.8 Å². The maximum absolute atomic E-state index is 14.0. The van der Waals surface area contributed by atoms with Crippen LogP contribution in [0.3, 0.4) is 0 Å². The van der Waals surface area contributed by atoms with Gasteiger partial charge in [0.1, 0.15) is 11.9 Å². The first kappa shape index (κ1) is 29.3. The lowest BCUT2D eigenvalue weighted by atomic mass is 10.1. The van der Waals surface area contributed by atoms with E-state index in [9.17, 15) is 13.9 Å². The molecule has 1 aromatic carbocycles. The quantitative estimate of drug-likeness (QED) is 0.378. The Labute approximate surface area is 220 Å². The SMILES string of the molecule is CC(C)Nc1nc(CO[Si](C)(C)C(C)(C)C)c(CCO)nc1N1CCC(Oc2ccc(F)cc2F)CC1. The van der Waals surface area contributed by atoms with E-state index in [0.717, 1.165) is 23.3 Å². The van der Waals surface area contributed by atoms with Crippen LogP contribution in [-0.2, 0) is 17.5 Å². The van der Waals surface area contributed by atoms with Gasteiger partial charge in [0.2, 0.25) is 0 Å². The van der Waals surface area contributed by atoms with E-state index in [0.29, 0.717) is 44.8 Å². The summed E-state index contributed by atoms with van der Waals surface area (Å²) in [6, 6.07) is 3.52. The second kappa shape index (κ2) is 12.0. The number of hydrogen-bond donors (Lipinski definition) is 2. The molecule has 37 heavy (non-hydrogen) atoms. The Morgan fingerprint density at radius 3 is 2.38 bits per heavy atom. The van der Waals surface area contributed by atoms with Gasteiger partial charge >= 0.3 is 0 Å². The summed E-state index contributed by atoms with van der Waals surface area (Å²) in [6.45, 7) is 16.7. The van der Waals surface area contributed by atoms with Crippen LogP contribution in [0, 0.1) is 11.6 Å². The van der Waals surface area contributed by atoms with Gasteiger partial charge in [-0.1, -0.05) is 20.8 Å². The molecular formula is C27H42F2N4O3Si. The minimum absolute atomic E-state index is 0.0304. The van der Waals surface area contributed by atoms with Gasteiger partial charge in [-0.25, -0.2) is 18.7 Å². The molecule has 2 aromatic rings. The van der Waals surface area contributed by atoms with Crippen molar-refractivity contribution >= 4 is 20.0 Å². The molecule has 3 rings (SSSR count). The number of hydrogen-bond acceptors (Lipinski definition) is 7. The molecule has 1 aliphatic heterocycles. The molecule has 206 valence electrons. The highest BCUT2D eigenvalue weighted by atomic mass is 28.4. The molecule has 2 heterocycles. The van der Waals surface area contributed by atoms with Crippen LogP contribution in [0.2, 0.25) is 18.1 Å². The average molecular weight is 537 g/mol. The van der Waals surface area contributed by atoms with Crippen LogP contribution in [0.25, 0.3) is 0 Å². The molecule has 0 spiro atoms. The molecule has 2 N–H and O–H groups in total. The van der Waals surface area contributed by atoms with Gasteiger partial charge in [-0.2, -0.15) is 0 Å². The van der Waals surface area contributed by atoms with Crippen molar-refractivity contribution in [2.75, 3.05) is 29.9 Å². The number of ether oxygens (including phenoxy) is 1. The summed E-state index contributed by atoms with van der Waals surface area (Å²) in [7, 11) is -2.00. The van der Waals surface area contributed by atoms with Crippen LogP contribution in [-0.4, -0.2) is 55.2 Å². The number of anilines is 2. The Hall–Kier alpha value is -2.30. The second-order valence-electron chi connectivity index (χ2n) is 11.5. The van der Waals surface area contributed by atoms with Gasteiger partial charge in [0.15, 0.2) is 31.5 Å². The Balaban J connectivity index is 1.80. The van der Waals surface area contributed by atoms with Crippen molar-refractivity contribution < 1.29 is 23.1 Å².